The van der Waals surface area contributed by atoms with Gasteiger partial charge in [-0.25, -0.2) is 4.98 Å². The number of nitrogen functional groups attached to an aromatic ring is 1. The molecule has 6 heteroatoms. The fourth-order valence-corrected chi connectivity index (χ4v) is 4.00. The van der Waals surface area contributed by atoms with Crippen molar-refractivity contribution in [1.29, 1.82) is 0 Å². The van der Waals surface area contributed by atoms with E-state index >= 15 is 0 Å². The molecule has 1 aromatic heterocycles. The minimum Gasteiger partial charge on any atom is -0.493 e. The van der Waals surface area contributed by atoms with Crippen LogP contribution in [0, 0.1) is 0 Å². The fraction of sp³-hybridized carbons (Fsp3) is 0.273. The number of benzene rings is 2. The van der Waals surface area contributed by atoms with Gasteiger partial charge < -0.3 is 15.5 Å². The van der Waals surface area contributed by atoms with Crippen LogP contribution >= 0.6 is 0 Å². The Morgan fingerprint density at radius 2 is 2.00 bits per heavy atom. The third-order valence-electron chi connectivity index (χ3n) is 5.50. The molecule has 0 unspecified atom stereocenters. The van der Waals surface area contributed by atoms with Gasteiger partial charge in [-0.15, -0.1) is 0 Å². The van der Waals surface area contributed by atoms with Gasteiger partial charge in [0.05, 0.1) is 12.3 Å². The molecule has 0 aliphatic carbocycles. The molecule has 3 N–H and O–H groups in total. The molecule has 0 bridgehead atoms. The summed E-state index contributed by atoms with van der Waals surface area (Å²) in [5, 5.41) is 0. The zero-order valence-corrected chi connectivity index (χ0v) is 15.6. The van der Waals surface area contributed by atoms with Gasteiger partial charge in [-0.3, -0.25) is 9.69 Å². The summed E-state index contributed by atoms with van der Waals surface area (Å²) in [7, 11) is 0. The number of nitrogens with two attached hydrogens (primary N) is 1. The van der Waals surface area contributed by atoms with Crippen LogP contribution in [0.15, 0.2) is 47.3 Å². The average Bonchev–Trinajstić information content (AvgIpc) is 3.16. The molecule has 2 aliphatic heterocycles. The van der Waals surface area contributed by atoms with Crippen LogP contribution < -0.4 is 16.0 Å². The molecule has 2 aliphatic rings. The maximum atomic E-state index is 12.6. The molecule has 3 aromatic rings. The lowest BCUT2D eigenvalue weighted by atomic mass is 10.0. The maximum Gasteiger partial charge on any atom is 0.254 e. The Morgan fingerprint density at radius 1 is 1.14 bits per heavy atom. The highest BCUT2D eigenvalue weighted by atomic mass is 16.5. The summed E-state index contributed by atoms with van der Waals surface area (Å²) in [6.45, 7) is 3.15. The van der Waals surface area contributed by atoms with Crippen molar-refractivity contribution in [2.24, 2.45) is 0 Å². The maximum absolute atomic E-state index is 12.6. The van der Waals surface area contributed by atoms with Gasteiger partial charge in [0.2, 0.25) is 0 Å². The smallest absolute Gasteiger partial charge is 0.254 e. The molecule has 2 aromatic carbocycles. The van der Waals surface area contributed by atoms with Crippen LogP contribution in [0.3, 0.4) is 0 Å². The first kappa shape index (κ1) is 17.0. The van der Waals surface area contributed by atoms with E-state index in [-0.39, 0.29) is 5.56 Å². The number of ether oxygens (including phenoxy) is 1. The number of rotatable bonds is 3. The second kappa shape index (κ2) is 6.80. The topological polar surface area (TPSA) is 84.2 Å². The monoisotopic (exact) mass is 374 g/mol. The van der Waals surface area contributed by atoms with E-state index in [0.717, 1.165) is 48.7 Å². The molecular weight excluding hydrogens is 352 g/mol. The summed E-state index contributed by atoms with van der Waals surface area (Å²) in [6, 6.07) is 13.8. The number of fused-ring (bicyclic) bond motifs is 2. The van der Waals surface area contributed by atoms with Crippen LogP contribution in [0.5, 0.6) is 5.75 Å². The Kier molecular flexibility index (Phi) is 4.13. The summed E-state index contributed by atoms with van der Waals surface area (Å²) in [5.74, 6) is 1.61. The van der Waals surface area contributed by atoms with Crippen molar-refractivity contribution in [3.8, 4) is 17.1 Å². The molecule has 0 atom stereocenters. The number of nitrogens with one attached hydrogen (secondary N) is 1. The summed E-state index contributed by atoms with van der Waals surface area (Å²) in [4.78, 5) is 22.6. The minimum absolute atomic E-state index is 0.0360. The molecular formula is C22H22N4O2. The van der Waals surface area contributed by atoms with Gasteiger partial charge in [0, 0.05) is 42.9 Å². The number of aromatic amines is 1. The normalized spacial score (nSPS) is 15.7. The molecule has 6 nitrogen and oxygen atoms in total. The number of H-pyrrole nitrogens is 1. The second-order valence-corrected chi connectivity index (χ2v) is 7.46. The zero-order chi connectivity index (χ0) is 19.1. The van der Waals surface area contributed by atoms with Crippen molar-refractivity contribution in [3.05, 3.63) is 75.2 Å². The van der Waals surface area contributed by atoms with Gasteiger partial charge in [-0.2, -0.15) is 0 Å². The summed E-state index contributed by atoms with van der Waals surface area (Å²) in [6.07, 6.45) is 1.70. The summed E-state index contributed by atoms with van der Waals surface area (Å²) >= 11 is 0. The SMILES string of the molecule is Nc1ccc(-c2nc3c(c(=O)[nH]2)CCN(Cc2ccc4c(c2)CCO4)C3)cc1. The Hall–Kier alpha value is -3.12. The third-order valence-corrected chi connectivity index (χ3v) is 5.50. The molecule has 0 saturated carbocycles. The first-order valence-corrected chi connectivity index (χ1v) is 9.61. The molecule has 0 saturated heterocycles. The number of aromatic nitrogens is 2. The standard InChI is InChI=1S/C22H22N4O2/c23-17-4-2-15(3-5-17)21-24-19-13-26(9-7-18(19)22(27)25-21)12-14-1-6-20-16(11-14)8-10-28-20/h1-6,11H,7-10,12-13,23H2,(H,24,25,27). The first-order valence-electron chi connectivity index (χ1n) is 9.61. The van der Waals surface area contributed by atoms with E-state index in [2.05, 4.69) is 28.1 Å². The van der Waals surface area contributed by atoms with Gasteiger partial charge in [-0.05, 0) is 47.9 Å². The number of nitrogens with zero attached hydrogens (tertiary/aromatic N) is 2. The third kappa shape index (κ3) is 3.16. The van der Waals surface area contributed by atoms with Crippen LogP contribution in [-0.4, -0.2) is 28.0 Å². The average molecular weight is 374 g/mol. The van der Waals surface area contributed by atoms with Crippen LogP contribution in [0.1, 0.15) is 22.4 Å². The van der Waals surface area contributed by atoms with Crippen LogP contribution in [0.4, 0.5) is 5.69 Å². The van der Waals surface area contributed by atoms with Crippen molar-refractivity contribution in [1.82, 2.24) is 14.9 Å². The van der Waals surface area contributed by atoms with E-state index in [4.69, 9.17) is 15.5 Å². The number of hydrogen-bond donors (Lipinski definition) is 2. The van der Waals surface area contributed by atoms with Gasteiger partial charge in [0.1, 0.15) is 11.6 Å². The highest BCUT2D eigenvalue weighted by Gasteiger charge is 2.22. The first-order chi connectivity index (χ1) is 13.7. The van der Waals surface area contributed by atoms with Crippen molar-refractivity contribution in [2.45, 2.75) is 25.9 Å². The van der Waals surface area contributed by atoms with E-state index in [9.17, 15) is 4.79 Å². The van der Waals surface area contributed by atoms with Gasteiger partial charge in [0.25, 0.3) is 5.56 Å². The van der Waals surface area contributed by atoms with Gasteiger partial charge in [-0.1, -0.05) is 12.1 Å². The van der Waals surface area contributed by atoms with Crippen LogP contribution in [-0.2, 0) is 25.9 Å². The fourth-order valence-electron chi connectivity index (χ4n) is 4.00. The molecule has 0 amide bonds. The summed E-state index contributed by atoms with van der Waals surface area (Å²) < 4.78 is 5.60. The number of anilines is 1. The van der Waals surface area contributed by atoms with Gasteiger partial charge in [0.15, 0.2) is 0 Å². The number of hydrogen-bond acceptors (Lipinski definition) is 5. The second-order valence-electron chi connectivity index (χ2n) is 7.46. The van der Waals surface area contributed by atoms with Crippen molar-refractivity contribution in [3.63, 3.8) is 0 Å². The van der Waals surface area contributed by atoms with Gasteiger partial charge >= 0.3 is 0 Å². The lowest BCUT2D eigenvalue weighted by Crippen LogP contribution is -2.35. The lowest BCUT2D eigenvalue weighted by Gasteiger charge is -2.28. The van der Waals surface area contributed by atoms with E-state index < -0.39 is 0 Å². The largest absolute Gasteiger partial charge is 0.493 e. The predicted molar refractivity (Wildman–Crippen MR) is 108 cm³/mol. The molecule has 0 fully saturated rings. The Labute approximate surface area is 163 Å². The molecule has 0 radical (unpaired) electrons. The molecule has 0 spiro atoms. The van der Waals surface area contributed by atoms with Crippen LogP contribution in [0.2, 0.25) is 0 Å². The Morgan fingerprint density at radius 3 is 2.86 bits per heavy atom. The van der Waals surface area contributed by atoms with Crippen molar-refractivity contribution < 1.29 is 4.74 Å². The summed E-state index contributed by atoms with van der Waals surface area (Å²) in [5.41, 5.74) is 11.5. The predicted octanol–water partition coefficient (Wildman–Crippen LogP) is 2.51. The highest BCUT2D eigenvalue weighted by molar-refractivity contribution is 5.58. The van der Waals surface area contributed by atoms with E-state index in [1.54, 1.807) is 0 Å². The lowest BCUT2D eigenvalue weighted by molar-refractivity contribution is 0.240. The molecule has 5 rings (SSSR count). The van der Waals surface area contributed by atoms with E-state index in [0.29, 0.717) is 24.5 Å². The molecule has 142 valence electrons. The Bertz CT molecular complexity index is 1090. The zero-order valence-electron chi connectivity index (χ0n) is 15.6. The van der Waals surface area contributed by atoms with Crippen molar-refractivity contribution >= 4 is 5.69 Å². The quantitative estimate of drug-likeness (QED) is 0.688. The van der Waals surface area contributed by atoms with E-state index in [1.165, 1.54) is 11.1 Å². The van der Waals surface area contributed by atoms with Crippen molar-refractivity contribution in [2.75, 3.05) is 18.9 Å². The molecule has 3 heterocycles. The molecule has 28 heavy (non-hydrogen) atoms. The highest BCUT2D eigenvalue weighted by Crippen LogP contribution is 2.27. The van der Waals surface area contributed by atoms with E-state index in [1.807, 2.05) is 24.3 Å². The van der Waals surface area contributed by atoms with Crippen LogP contribution in [0.25, 0.3) is 11.4 Å². The minimum atomic E-state index is -0.0360. The Balaban J connectivity index is 1.40.